The monoisotopic (exact) mass is 295 g/mol. The Morgan fingerprint density at radius 1 is 0.905 bits per heavy atom. The van der Waals surface area contributed by atoms with Crippen molar-refractivity contribution in [2.75, 3.05) is 39.3 Å². The van der Waals surface area contributed by atoms with E-state index >= 15 is 0 Å². The van der Waals surface area contributed by atoms with E-state index in [0.29, 0.717) is 32.1 Å². The van der Waals surface area contributed by atoms with Gasteiger partial charge in [0, 0.05) is 46.2 Å². The minimum absolute atomic E-state index is 0.0349. The van der Waals surface area contributed by atoms with Gasteiger partial charge in [-0.2, -0.15) is 0 Å². The highest BCUT2D eigenvalue weighted by molar-refractivity contribution is 5.97. The molecule has 0 N–H and O–H groups in total. The lowest BCUT2D eigenvalue weighted by molar-refractivity contribution is -0.144. The molecule has 0 aromatic carbocycles. The second kappa shape index (κ2) is 6.91. The topological polar surface area (TPSA) is 60.9 Å². The van der Waals surface area contributed by atoms with Gasteiger partial charge >= 0.3 is 0 Å². The molecule has 2 heterocycles. The molecule has 6 heteroatoms. The quantitative estimate of drug-likeness (QED) is 0.690. The molecule has 0 radical (unpaired) electrons. The lowest BCUT2D eigenvalue weighted by Crippen LogP contribution is -2.51. The van der Waals surface area contributed by atoms with Crippen LogP contribution in [0.25, 0.3) is 0 Å². The maximum atomic E-state index is 12.2. The van der Waals surface area contributed by atoms with Gasteiger partial charge in [-0.25, -0.2) is 0 Å². The fourth-order valence-electron chi connectivity index (χ4n) is 3.04. The molecule has 2 fully saturated rings. The Bertz CT molecular complexity index is 416. The van der Waals surface area contributed by atoms with Crippen LogP contribution in [-0.4, -0.2) is 71.7 Å². The second-order valence-electron chi connectivity index (χ2n) is 6.15. The van der Waals surface area contributed by atoms with Crippen molar-refractivity contribution >= 4 is 17.7 Å². The summed E-state index contributed by atoms with van der Waals surface area (Å²) in [7, 11) is 0. The zero-order chi connectivity index (χ0) is 15.4. The summed E-state index contributed by atoms with van der Waals surface area (Å²) in [6, 6.07) is 0. The third-order valence-electron chi connectivity index (χ3n) is 4.39. The third kappa shape index (κ3) is 4.19. The highest BCUT2D eigenvalue weighted by atomic mass is 16.2. The Labute approximate surface area is 126 Å². The minimum Gasteiger partial charge on any atom is -0.342 e. The van der Waals surface area contributed by atoms with Gasteiger partial charge in [0.05, 0.1) is 0 Å². The maximum Gasteiger partial charge on any atom is 0.232 e. The van der Waals surface area contributed by atoms with Gasteiger partial charge in [-0.05, 0) is 18.8 Å². The van der Waals surface area contributed by atoms with Gasteiger partial charge in [-0.1, -0.05) is 6.92 Å². The van der Waals surface area contributed by atoms with Crippen LogP contribution in [0.15, 0.2) is 0 Å². The van der Waals surface area contributed by atoms with Crippen LogP contribution in [0.3, 0.4) is 0 Å². The zero-order valence-electron chi connectivity index (χ0n) is 13.0. The molecule has 1 unspecified atom stereocenters. The summed E-state index contributed by atoms with van der Waals surface area (Å²) in [5.41, 5.74) is 0. The molecule has 0 aliphatic carbocycles. The summed E-state index contributed by atoms with van der Waals surface area (Å²) in [6.45, 7) is 7.41. The van der Waals surface area contributed by atoms with Gasteiger partial charge in [0.15, 0.2) is 0 Å². The smallest absolute Gasteiger partial charge is 0.232 e. The first-order valence-electron chi connectivity index (χ1n) is 7.78. The van der Waals surface area contributed by atoms with Gasteiger partial charge in [0.1, 0.15) is 6.42 Å². The molecule has 0 spiro atoms. The molecular formula is C15H25N3O3. The number of piperidine rings is 1. The van der Waals surface area contributed by atoms with E-state index in [1.54, 1.807) is 16.7 Å². The first kappa shape index (κ1) is 15.8. The van der Waals surface area contributed by atoms with Crippen molar-refractivity contribution < 1.29 is 14.4 Å². The summed E-state index contributed by atoms with van der Waals surface area (Å²) in [6.07, 6.45) is 2.15. The number of amides is 3. The van der Waals surface area contributed by atoms with Crippen molar-refractivity contribution in [3.63, 3.8) is 0 Å². The molecular weight excluding hydrogens is 270 g/mol. The molecule has 2 saturated heterocycles. The van der Waals surface area contributed by atoms with Crippen LogP contribution in [0.2, 0.25) is 0 Å². The Morgan fingerprint density at radius 3 is 2.05 bits per heavy atom. The van der Waals surface area contributed by atoms with E-state index in [-0.39, 0.29) is 24.1 Å². The van der Waals surface area contributed by atoms with Gasteiger partial charge < -0.3 is 14.7 Å². The molecule has 1 atom stereocenters. The average Bonchev–Trinajstić information content (AvgIpc) is 2.47. The van der Waals surface area contributed by atoms with E-state index in [4.69, 9.17) is 0 Å². The van der Waals surface area contributed by atoms with Crippen molar-refractivity contribution in [2.45, 2.75) is 33.1 Å². The van der Waals surface area contributed by atoms with Crippen molar-refractivity contribution in [1.82, 2.24) is 14.7 Å². The van der Waals surface area contributed by atoms with Crippen molar-refractivity contribution in [2.24, 2.45) is 5.92 Å². The summed E-state index contributed by atoms with van der Waals surface area (Å²) in [4.78, 5) is 40.9. The maximum absolute atomic E-state index is 12.2. The molecule has 21 heavy (non-hydrogen) atoms. The number of carbonyl (C=O) groups excluding carboxylic acids is 3. The van der Waals surface area contributed by atoms with E-state index in [1.165, 1.54) is 0 Å². The second-order valence-corrected chi connectivity index (χ2v) is 6.15. The fourth-order valence-corrected chi connectivity index (χ4v) is 3.04. The molecule has 2 aliphatic rings. The fraction of sp³-hybridized carbons (Fsp3) is 0.800. The number of nitrogens with zero attached hydrogens (tertiary/aromatic N) is 3. The summed E-state index contributed by atoms with van der Waals surface area (Å²) >= 11 is 0. The number of hydrogen-bond acceptors (Lipinski definition) is 3. The third-order valence-corrected chi connectivity index (χ3v) is 4.39. The van der Waals surface area contributed by atoms with Crippen LogP contribution in [-0.2, 0) is 14.4 Å². The lowest BCUT2D eigenvalue weighted by atomic mass is 10.00. The summed E-state index contributed by atoms with van der Waals surface area (Å²) in [5.74, 6) is 0.402. The van der Waals surface area contributed by atoms with Crippen molar-refractivity contribution in [3.05, 3.63) is 0 Å². The Hall–Kier alpha value is -1.59. The van der Waals surface area contributed by atoms with Gasteiger partial charge in [0.2, 0.25) is 17.7 Å². The van der Waals surface area contributed by atoms with E-state index in [9.17, 15) is 14.4 Å². The average molecular weight is 295 g/mol. The normalized spacial score (nSPS) is 23.1. The van der Waals surface area contributed by atoms with E-state index < -0.39 is 0 Å². The van der Waals surface area contributed by atoms with Crippen LogP contribution in [0.4, 0.5) is 0 Å². The lowest BCUT2D eigenvalue weighted by Gasteiger charge is -2.35. The zero-order valence-corrected chi connectivity index (χ0v) is 13.0. The molecule has 0 aromatic heterocycles. The number of piperazine rings is 1. The largest absolute Gasteiger partial charge is 0.342 e. The molecule has 118 valence electrons. The molecule has 0 saturated carbocycles. The predicted molar refractivity (Wildman–Crippen MR) is 78.4 cm³/mol. The van der Waals surface area contributed by atoms with Crippen LogP contribution in [0.1, 0.15) is 33.1 Å². The molecule has 2 rings (SSSR count). The van der Waals surface area contributed by atoms with Crippen LogP contribution < -0.4 is 0 Å². The van der Waals surface area contributed by atoms with Gasteiger partial charge in [0.25, 0.3) is 0 Å². The number of carbonyl (C=O) groups is 3. The predicted octanol–water partition coefficient (Wildman–Crippen LogP) is 0.326. The van der Waals surface area contributed by atoms with Crippen LogP contribution >= 0.6 is 0 Å². The Kier molecular flexibility index (Phi) is 5.20. The van der Waals surface area contributed by atoms with E-state index in [2.05, 4.69) is 6.92 Å². The van der Waals surface area contributed by atoms with E-state index in [0.717, 1.165) is 25.9 Å². The molecule has 3 amide bonds. The molecule has 0 aromatic rings. The van der Waals surface area contributed by atoms with Gasteiger partial charge in [-0.15, -0.1) is 0 Å². The summed E-state index contributed by atoms with van der Waals surface area (Å²) < 4.78 is 0. The molecule has 0 bridgehead atoms. The van der Waals surface area contributed by atoms with Crippen molar-refractivity contribution in [1.29, 1.82) is 0 Å². The molecule has 6 nitrogen and oxygen atoms in total. The standard InChI is InChI=1S/C15H25N3O3/c1-12-4-3-5-18(11-12)15(21)10-14(20)17-8-6-16(7-9-17)13(2)19/h12H,3-11H2,1-2H3. The van der Waals surface area contributed by atoms with Crippen LogP contribution in [0, 0.1) is 5.92 Å². The van der Waals surface area contributed by atoms with Crippen LogP contribution in [0.5, 0.6) is 0 Å². The minimum atomic E-state index is -0.110. The van der Waals surface area contributed by atoms with Gasteiger partial charge in [-0.3, -0.25) is 14.4 Å². The first-order chi connectivity index (χ1) is 9.97. The SMILES string of the molecule is CC(=O)N1CCN(C(=O)CC(=O)N2CCCC(C)C2)CC1. The molecule has 2 aliphatic heterocycles. The Balaban J connectivity index is 1.79. The highest BCUT2D eigenvalue weighted by Gasteiger charge is 2.27. The number of rotatable bonds is 2. The number of hydrogen-bond donors (Lipinski definition) is 0. The van der Waals surface area contributed by atoms with Crippen molar-refractivity contribution in [3.8, 4) is 0 Å². The highest BCUT2D eigenvalue weighted by Crippen LogP contribution is 2.16. The first-order valence-corrected chi connectivity index (χ1v) is 7.78. The number of likely N-dealkylation sites (tertiary alicyclic amines) is 1. The summed E-state index contributed by atoms with van der Waals surface area (Å²) in [5, 5.41) is 0. The van der Waals surface area contributed by atoms with E-state index in [1.807, 2.05) is 4.90 Å². The Morgan fingerprint density at radius 2 is 1.48 bits per heavy atom.